The van der Waals surface area contributed by atoms with Crippen molar-refractivity contribution in [3.63, 3.8) is 0 Å². The fourth-order valence-corrected chi connectivity index (χ4v) is 2.00. The van der Waals surface area contributed by atoms with Gasteiger partial charge in [0.25, 0.3) is 0 Å². The first kappa shape index (κ1) is 14.1. The van der Waals surface area contributed by atoms with Crippen LogP contribution in [0.2, 0.25) is 0 Å². The molecule has 1 aliphatic carbocycles. The summed E-state index contributed by atoms with van der Waals surface area (Å²) in [4.78, 5) is 26.9. The Labute approximate surface area is 116 Å². The topological polar surface area (TPSA) is 101 Å². The summed E-state index contributed by atoms with van der Waals surface area (Å²) in [5.41, 5.74) is -0.290. The van der Waals surface area contributed by atoms with Gasteiger partial charge >= 0.3 is 12.0 Å². The molecule has 3 N–H and O–H groups in total. The molecule has 1 aromatic rings. The third kappa shape index (κ3) is 2.98. The number of amides is 2. The summed E-state index contributed by atoms with van der Waals surface area (Å²) in [6, 6.07) is 2.99. The van der Waals surface area contributed by atoms with Crippen LogP contribution in [0.1, 0.15) is 24.8 Å². The van der Waals surface area contributed by atoms with E-state index >= 15 is 0 Å². The zero-order valence-corrected chi connectivity index (χ0v) is 11.2. The molecule has 0 spiro atoms. The van der Waals surface area contributed by atoms with E-state index in [0.29, 0.717) is 18.7 Å². The van der Waals surface area contributed by atoms with Crippen molar-refractivity contribution in [2.24, 2.45) is 0 Å². The van der Waals surface area contributed by atoms with E-state index in [1.165, 1.54) is 7.11 Å². The maximum absolute atomic E-state index is 11.7. The molecule has 0 aliphatic heterocycles. The number of hydrogen-bond donors (Lipinski definition) is 3. The first-order chi connectivity index (χ1) is 9.55. The molecule has 0 aromatic carbocycles. The van der Waals surface area contributed by atoms with Gasteiger partial charge in [-0.2, -0.15) is 0 Å². The predicted octanol–water partition coefficient (Wildman–Crippen LogP) is 0.897. The van der Waals surface area contributed by atoms with Crippen LogP contribution in [-0.4, -0.2) is 34.7 Å². The number of nitrogens with one attached hydrogen (secondary N) is 2. The predicted molar refractivity (Wildman–Crippen MR) is 70.4 cm³/mol. The summed E-state index contributed by atoms with van der Waals surface area (Å²) in [5.74, 6) is -0.484. The van der Waals surface area contributed by atoms with Crippen LogP contribution in [0.5, 0.6) is 5.88 Å². The van der Waals surface area contributed by atoms with Gasteiger partial charge in [-0.05, 0) is 24.8 Å². The van der Waals surface area contributed by atoms with Gasteiger partial charge in [-0.15, -0.1) is 0 Å². The third-order valence-corrected chi connectivity index (χ3v) is 3.43. The normalized spacial score (nSPS) is 15.8. The van der Waals surface area contributed by atoms with Crippen LogP contribution in [0.25, 0.3) is 0 Å². The number of carboxylic acid groups (broad SMARTS) is 1. The van der Waals surface area contributed by atoms with Crippen molar-refractivity contribution in [2.45, 2.75) is 31.3 Å². The number of methoxy groups -OCH3 is 1. The number of urea groups is 1. The van der Waals surface area contributed by atoms with Crippen LogP contribution >= 0.6 is 0 Å². The van der Waals surface area contributed by atoms with E-state index < -0.39 is 17.5 Å². The van der Waals surface area contributed by atoms with Crippen LogP contribution in [0, 0.1) is 0 Å². The molecule has 0 saturated heterocycles. The first-order valence-electron chi connectivity index (χ1n) is 6.34. The number of carbonyl (C=O) groups excluding carboxylic acids is 1. The van der Waals surface area contributed by atoms with Crippen LogP contribution in [-0.2, 0) is 11.3 Å². The Kier molecular flexibility index (Phi) is 4.07. The Hall–Kier alpha value is -2.31. The fraction of sp³-hybridized carbons (Fsp3) is 0.462. The van der Waals surface area contributed by atoms with Crippen LogP contribution < -0.4 is 15.4 Å². The van der Waals surface area contributed by atoms with Crippen molar-refractivity contribution in [1.29, 1.82) is 0 Å². The van der Waals surface area contributed by atoms with Crippen LogP contribution in [0.3, 0.4) is 0 Å². The molecule has 1 aliphatic rings. The third-order valence-electron chi connectivity index (χ3n) is 3.43. The highest BCUT2D eigenvalue weighted by atomic mass is 16.5. The lowest BCUT2D eigenvalue weighted by molar-refractivity contribution is -0.148. The standard InChI is InChI=1S/C13H17N3O4/c1-20-10-4-3-9(7-14-10)8-15-12(19)16-13(11(17)18)5-2-6-13/h3-4,7H,2,5-6,8H2,1H3,(H,17,18)(H2,15,16,19). The number of aromatic nitrogens is 1. The smallest absolute Gasteiger partial charge is 0.329 e. The molecule has 0 unspecified atom stereocenters. The summed E-state index contributed by atoms with van der Waals surface area (Å²) in [5, 5.41) is 14.3. The van der Waals surface area contributed by atoms with E-state index in [0.717, 1.165) is 12.0 Å². The lowest BCUT2D eigenvalue weighted by Crippen LogP contribution is -2.61. The van der Waals surface area contributed by atoms with Gasteiger partial charge in [0.05, 0.1) is 7.11 Å². The molecule has 0 atom stereocenters. The van der Waals surface area contributed by atoms with Gasteiger partial charge in [-0.1, -0.05) is 6.07 Å². The Morgan fingerprint density at radius 3 is 2.65 bits per heavy atom. The van der Waals surface area contributed by atoms with Gasteiger partial charge in [0.2, 0.25) is 5.88 Å². The van der Waals surface area contributed by atoms with Crippen LogP contribution in [0.4, 0.5) is 4.79 Å². The Balaban J connectivity index is 1.84. The Bertz CT molecular complexity index is 497. The summed E-state index contributed by atoms with van der Waals surface area (Å²) in [6.45, 7) is 0.276. The van der Waals surface area contributed by atoms with E-state index in [2.05, 4.69) is 15.6 Å². The second-order valence-electron chi connectivity index (χ2n) is 4.76. The number of carboxylic acids is 1. The highest BCUT2D eigenvalue weighted by Gasteiger charge is 2.45. The second-order valence-corrected chi connectivity index (χ2v) is 4.76. The Morgan fingerprint density at radius 1 is 1.45 bits per heavy atom. The van der Waals surface area contributed by atoms with E-state index in [1.54, 1.807) is 18.3 Å². The van der Waals surface area contributed by atoms with Gasteiger partial charge in [-0.25, -0.2) is 14.6 Å². The zero-order chi connectivity index (χ0) is 14.6. The van der Waals surface area contributed by atoms with Gasteiger partial charge in [0.15, 0.2) is 0 Å². The number of hydrogen-bond acceptors (Lipinski definition) is 4. The lowest BCUT2D eigenvalue weighted by Gasteiger charge is -2.38. The SMILES string of the molecule is COc1ccc(CNC(=O)NC2(C(=O)O)CCC2)cn1. The molecule has 1 heterocycles. The second kappa shape index (κ2) is 5.77. The highest BCUT2D eigenvalue weighted by molar-refractivity contribution is 5.87. The molecule has 1 saturated carbocycles. The quantitative estimate of drug-likeness (QED) is 0.743. The maximum atomic E-state index is 11.7. The van der Waals surface area contributed by atoms with Gasteiger partial charge in [-0.3, -0.25) is 0 Å². The number of rotatable bonds is 5. The molecule has 7 heteroatoms. The fourth-order valence-electron chi connectivity index (χ4n) is 2.00. The zero-order valence-electron chi connectivity index (χ0n) is 11.2. The summed E-state index contributed by atoms with van der Waals surface area (Å²) in [7, 11) is 1.53. The van der Waals surface area contributed by atoms with Crippen molar-refractivity contribution < 1.29 is 19.4 Å². The average Bonchev–Trinajstić information content (AvgIpc) is 2.40. The minimum atomic E-state index is -1.09. The summed E-state index contributed by atoms with van der Waals surface area (Å²) < 4.78 is 4.93. The maximum Gasteiger partial charge on any atom is 0.329 e. The monoisotopic (exact) mass is 279 g/mol. The van der Waals surface area contributed by atoms with Crippen molar-refractivity contribution in [3.05, 3.63) is 23.9 Å². The van der Waals surface area contributed by atoms with E-state index in [-0.39, 0.29) is 6.54 Å². The molecule has 2 amide bonds. The van der Waals surface area contributed by atoms with E-state index in [9.17, 15) is 9.59 Å². The molecule has 2 rings (SSSR count). The van der Waals surface area contributed by atoms with Gasteiger partial charge in [0, 0.05) is 18.8 Å². The molecular weight excluding hydrogens is 262 g/mol. The van der Waals surface area contributed by atoms with Gasteiger partial charge < -0.3 is 20.5 Å². The molecule has 1 fully saturated rings. The number of aliphatic carboxylic acids is 1. The number of pyridine rings is 1. The van der Waals surface area contributed by atoms with Gasteiger partial charge in [0.1, 0.15) is 5.54 Å². The van der Waals surface area contributed by atoms with Crippen molar-refractivity contribution in [2.75, 3.05) is 7.11 Å². The first-order valence-corrected chi connectivity index (χ1v) is 6.34. The number of nitrogens with zero attached hydrogens (tertiary/aromatic N) is 1. The molecule has 108 valence electrons. The van der Waals surface area contributed by atoms with Crippen molar-refractivity contribution in [1.82, 2.24) is 15.6 Å². The lowest BCUT2D eigenvalue weighted by atomic mass is 9.77. The van der Waals surface area contributed by atoms with E-state index in [1.807, 2.05) is 0 Å². The molecule has 7 nitrogen and oxygen atoms in total. The minimum Gasteiger partial charge on any atom is -0.481 e. The number of carbonyl (C=O) groups is 2. The van der Waals surface area contributed by atoms with Crippen molar-refractivity contribution >= 4 is 12.0 Å². The van der Waals surface area contributed by atoms with Crippen molar-refractivity contribution in [3.8, 4) is 5.88 Å². The highest BCUT2D eigenvalue weighted by Crippen LogP contribution is 2.31. The summed E-state index contributed by atoms with van der Waals surface area (Å²) >= 11 is 0. The summed E-state index contributed by atoms with van der Waals surface area (Å²) in [6.07, 6.45) is 3.35. The largest absolute Gasteiger partial charge is 0.481 e. The molecule has 20 heavy (non-hydrogen) atoms. The van der Waals surface area contributed by atoms with Crippen LogP contribution in [0.15, 0.2) is 18.3 Å². The Morgan fingerprint density at radius 2 is 2.20 bits per heavy atom. The van der Waals surface area contributed by atoms with E-state index in [4.69, 9.17) is 9.84 Å². The average molecular weight is 279 g/mol. The minimum absolute atomic E-state index is 0.276. The molecular formula is C13H17N3O4. The molecule has 0 radical (unpaired) electrons. The molecule has 1 aromatic heterocycles. The number of ether oxygens (including phenoxy) is 1. The molecule has 0 bridgehead atoms.